The minimum Gasteiger partial charge on any atom is -0.339 e. The molecule has 2 N–H and O–H groups in total. The number of amides is 3. The number of hydrogen-bond donors (Lipinski definition) is 2. The van der Waals surface area contributed by atoms with Crippen LogP contribution in [0.3, 0.4) is 0 Å². The van der Waals surface area contributed by atoms with E-state index < -0.39 is 0 Å². The molecule has 1 aliphatic rings. The van der Waals surface area contributed by atoms with E-state index >= 15 is 0 Å². The predicted molar refractivity (Wildman–Crippen MR) is 171 cm³/mol. The van der Waals surface area contributed by atoms with E-state index in [1.807, 2.05) is 53.4 Å². The first-order valence-corrected chi connectivity index (χ1v) is 16.3. The van der Waals surface area contributed by atoms with Gasteiger partial charge in [0.05, 0.1) is 10.4 Å². The first-order chi connectivity index (χ1) is 20.1. The van der Waals surface area contributed by atoms with E-state index in [-0.39, 0.29) is 17.7 Å². The first-order valence-electron chi connectivity index (χ1n) is 14.5. The van der Waals surface area contributed by atoms with Crippen molar-refractivity contribution in [1.82, 2.24) is 20.1 Å². The maximum absolute atomic E-state index is 13.0. The summed E-state index contributed by atoms with van der Waals surface area (Å²) in [6.07, 6.45) is 1.77. The van der Waals surface area contributed by atoms with Gasteiger partial charge >= 0.3 is 0 Å². The molecule has 1 fully saturated rings. The quantitative estimate of drug-likeness (QED) is 0.269. The van der Waals surface area contributed by atoms with Gasteiger partial charge in [-0.1, -0.05) is 63.3 Å². The van der Waals surface area contributed by atoms with Gasteiger partial charge < -0.3 is 15.1 Å². The Bertz CT molecular complexity index is 1360. The molecule has 0 atom stereocenters. The van der Waals surface area contributed by atoms with Gasteiger partial charge in [0, 0.05) is 62.6 Å². The standard InChI is InChI=1S/C32H41N5O3S2/c1-21(2)29(22(3)4)33-18-24-9-11-26(12-10-24)30(39)35-32-34-19-28(42-32)41-20-25-7-6-8-27(17-25)31(40)37-15-13-36(14-16-37)23(5)38/h6-12,17,19,21-22,29,33H,13-16,18,20H2,1-5H3,(H,34,35,39). The second-order valence-electron chi connectivity index (χ2n) is 11.3. The molecule has 2 heterocycles. The molecule has 0 unspecified atom stereocenters. The Morgan fingerprint density at radius 1 is 0.905 bits per heavy atom. The summed E-state index contributed by atoms with van der Waals surface area (Å²) in [6.45, 7) is 13.5. The number of nitrogens with one attached hydrogen (secondary N) is 2. The number of carbonyl (C=O) groups excluding carboxylic acids is 3. The molecular weight excluding hydrogens is 567 g/mol. The van der Waals surface area contributed by atoms with E-state index in [1.54, 1.807) is 29.8 Å². The number of nitrogens with zero attached hydrogens (tertiary/aromatic N) is 3. The number of aromatic nitrogens is 1. The molecule has 1 aliphatic heterocycles. The fourth-order valence-electron chi connectivity index (χ4n) is 5.16. The molecule has 1 aromatic heterocycles. The lowest BCUT2D eigenvalue weighted by Crippen LogP contribution is -2.50. The van der Waals surface area contributed by atoms with Crippen LogP contribution in [-0.4, -0.2) is 64.7 Å². The van der Waals surface area contributed by atoms with Gasteiger partial charge in [-0.05, 0) is 47.2 Å². The summed E-state index contributed by atoms with van der Waals surface area (Å²) in [5, 5.41) is 7.10. The zero-order chi connectivity index (χ0) is 30.2. The molecule has 0 aliphatic carbocycles. The first kappa shape index (κ1) is 31.7. The highest BCUT2D eigenvalue weighted by atomic mass is 32.2. The van der Waals surface area contributed by atoms with Gasteiger partial charge in [-0.25, -0.2) is 4.98 Å². The summed E-state index contributed by atoms with van der Waals surface area (Å²) in [5.74, 6) is 1.64. The molecule has 42 heavy (non-hydrogen) atoms. The summed E-state index contributed by atoms with van der Waals surface area (Å²) < 4.78 is 0.980. The van der Waals surface area contributed by atoms with Crippen LogP contribution in [0.2, 0.25) is 0 Å². The highest BCUT2D eigenvalue weighted by molar-refractivity contribution is 8.00. The van der Waals surface area contributed by atoms with Gasteiger partial charge in [-0.3, -0.25) is 19.7 Å². The summed E-state index contributed by atoms with van der Waals surface area (Å²) in [7, 11) is 0. The number of anilines is 1. The molecule has 0 bridgehead atoms. The van der Waals surface area contributed by atoms with Crippen LogP contribution >= 0.6 is 23.1 Å². The van der Waals surface area contributed by atoms with Crippen LogP contribution in [0.1, 0.15) is 66.5 Å². The average molecular weight is 608 g/mol. The van der Waals surface area contributed by atoms with Crippen LogP contribution in [-0.2, 0) is 17.1 Å². The summed E-state index contributed by atoms with van der Waals surface area (Å²) >= 11 is 3.05. The molecule has 2 aromatic carbocycles. The fraction of sp³-hybridized carbons (Fsp3) is 0.438. The molecular formula is C32H41N5O3S2. The number of thioether (sulfide) groups is 1. The Balaban J connectivity index is 1.26. The van der Waals surface area contributed by atoms with E-state index in [9.17, 15) is 14.4 Å². The third kappa shape index (κ3) is 8.65. The molecule has 8 nitrogen and oxygen atoms in total. The molecule has 3 amide bonds. The van der Waals surface area contributed by atoms with E-state index in [2.05, 4.69) is 43.3 Å². The number of piperazine rings is 1. The van der Waals surface area contributed by atoms with Crippen molar-refractivity contribution < 1.29 is 14.4 Å². The number of carbonyl (C=O) groups is 3. The fourth-order valence-corrected chi connectivity index (χ4v) is 6.97. The van der Waals surface area contributed by atoms with Gasteiger partial charge in [-0.15, -0.1) is 11.8 Å². The summed E-state index contributed by atoms with van der Waals surface area (Å²) in [4.78, 5) is 45.4. The van der Waals surface area contributed by atoms with Crippen LogP contribution in [0.4, 0.5) is 5.13 Å². The molecule has 4 rings (SSSR count). The SMILES string of the molecule is CC(=O)N1CCN(C(=O)c2cccc(CSc3cnc(NC(=O)c4ccc(CNC(C(C)C)C(C)C)cc4)s3)c2)CC1. The van der Waals surface area contributed by atoms with E-state index in [0.29, 0.717) is 66.1 Å². The lowest BCUT2D eigenvalue weighted by molar-refractivity contribution is -0.130. The smallest absolute Gasteiger partial charge is 0.257 e. The van der Waals surface area contributed by atoms with Gasteiger partial charge in [0.15, 0.2) is 5.13 Å². The van der Waals surface area contributed by atoms with Crippen molar-refractivity contribution in [2.75, 3.05) is 31.5 Å². The monoisotopic (exact) mass is 607 g/mol. The van der Waals surface area contributed by atoms with Crippen LogP contribution in [0, 0.1) is 11.8 Å². The van der Waals surface area contributed by atoms with Crippen molar-refractivity contribution in [3.63, 3.8) is 0 Å². The largest absolute Gasteiger partial charge is 0.339 e. The number of rotatable bonds is 11. The van der Waals surface area contributed by atoms with Crippen molar-refractivity contribution in [2.45, 2.75) is 57.2 Å². The van der Waals surface area contributed by atoms with Crippen LogP contribution in [0.5, 0.6) is 0 Å². The normalized spacial score (nSPS) is 13.7. The summed E-state index contributed by atoms with van der Waals surface area (Å²) in [6, 6.07) is 15.8. The number of thiazole rings is 1. The van der Waals surface area contributed by atoms with E-state index in [1.165, 1.54) is 11.3 Å². The van der Waals surface area contributed by atoms with E-state index in [4.69, 9.17) is 0 Å². The minimum atomic E-state index is -0.182. The summed E-state index contributed by atoms with van der Waals surface area (Å²) in [5.41, 5.74) is 3.43. The molecule has 224 valence electrons. The average Bonchev–Trinajstić information content (AvgIpc) is 3.43. The third-order valence-electron chi connectivity index (χ3n) is 7.47. The molecule has 10 heteroatoms. The number of hydrogen-bond acceptors (Lipinski definition) is 7. The van der Waals surface area contributed by atoms with Gasteiger partial charge in [-0.2, -0.15) is 0 Å². The van der Waals surface area contributed by atoms with Crippen LogP contribution < -0.4 is 10.6 Å². The van der Waals surface area contributed by atoms with Gasteiger partial charge in [0.1, 0.15) is 0 Å². The van der Waals surface area contributed by atoms with Crippen molar-refractivity contribution in [1.29, 1.82) is 0 Å². The number of benzene rings is 2. The van der Waals surface area contributed by atoms with Gasteiger partial charge in [0.25, 0.3) is 11.8 Å². The Kier molecular flexibility index (Phi) is 11.2. The Labute approximate surface area is 257 Å². The Morgan fingerprint density at radius 3 is 2.21 bits per heavy atom. The minimum absolute atomic E-state index is 0.00699. The van der Waals surface area contributed by atoms with Crippen molar-refractivity contribution in [3.05, 3.63) is 77.0 Å². The molecule has 0 saturated carbocycles. The zero-order valence-corrected chi connectivity index (χ0v) is 26.7. The molecule has 3 aromatic rings. The van der Waals surface area contributed by atoms with Crippen LogP contribution in [0.15, 0.2) is 58.9 Å². The maximum atomic E-state index is 13.0. The molecule has 0 spiro atoms. The molecule has 1 saturated heterocycles. The second kappa shape index (κ2) is 14.8. The second-order valence-corrected chi connectivity index (χ2v) is 13.6. The Morgan fingerprint density at radius 2 is 1.57 bits per heavy atom. The third-order valence-corrected chi connectivity index (χ3v) is 9.65. The highest BCUT2D eigenvalue weighted by Gasteiger charge is 2.23. The topological polar surface area (TPSA) is 94.6 Å². The van der Waals surface area contributed by atoms with Crippen molar-refractivity contribution in [3.8, 4) is 0 Å². The highest BCUT2D eigenvalue weighted by Crippen LogP contribution is 2.31. The predicted octanol–water partition coefficient (Wildman–Crippen LogP) is 5.76. The lowest BCUT2D eigenvalue weighted by Gasteiger charge is -2.34. The van der Waals surface area contributed by atoms with Crippen LogP contribution in [0.25, 0.3) is 0 Å². The zero-order valence-electron chi connectivity index (χ0n) is 25.1. The lowest BCUT2D eigenvalue weighted by atomic mass is 9.93. The van der Waals surface area contributed by atoms with Crippen molar-refractivity contribution >= 4 is 46.0 Å². The molecule has 0 radical (unpaired) electrons. The van der Waals surface area contributed by atoms with Gasteiger partial charge in [0.2, 0.25) is 5.91 Å². The van der Waals surface area contributed by atoms with E-state index in [0.717, 1.165) is 21.9 Å². The Hall–Kier alpha value is -3.21. The van der Waals surface area contributed by atoms with Crippen molar-refractivity contribution in [2.24, 2.45) is 11.8 Å². The maximum Gasteiger partial charge on any atom is 0.257 e.